The van der Waals surface area contributed by atoms with E-state index in [0.29, 0.717) is 19.0 Å². The van der Waals surface area contributed by atoms with E-state index in [9.17, 15) is 4.79 Å². The first kappa shape index (κ1) is 18.1. The molecule has 0 bridgehead atoms. The monoisotopic (exact) mass is 357 g/mol. The molecule has 1 saturated heterocycles. The van der Waals surface area contributed by atoms with Gasteiger partial charge >= 0.3 is 0 Å². The Kier molecular flexibility index (Phi) is 6.21. The van der Waals surface area contributed by atoms with Crippen LogP contribution in [0.5, 0.6) is 0 Å². The molecule has 0 radical (unpaired) electrons. The van der Waals surface area contributed by atoms with Crippen LogP contribution >= 0.6 is 11.3 Å². The normalized spacial score (nSPS) is 18.2. The van der Waals surface area contributed by atoms with E-state index in [1.807, 2.05) is 12.3 Å². The molecule has 3 rings (SSSR count). The smallest absolute Gasteiger partial charge is 0.226 e. The molecule has 1 unspecified atom stereocenters. The van der Waals surface area contributed by atoms with Crippen LogP contribution in [0.1, 0.15) is 48.0 Å². The Balaban J connectivity index is 1.57. The first-order valence-corrected chi connectivity index (χ1v) is 9.98. The van der Waals surface area contributed by atoms with Crippen molar-refractivity contribution in [2.45, 2.75) is 58.7 Å². The maximum atomic E-state index is 12.2. The fourth-order valence-electron chi connectivity index (χ4n) is 3.41. The summed E-state index contributed by atoms with van der Waals surface area (Å²) in [6.07, 6.45) is 4.27. The molecule has 1 aromatic carbocycles. The predicted molar refractivity (Wildman–Crippen MR) is 103 cm³/mol. The van der Waals surface area contributed by atoms with Crippen LogP contribution in [0.25, 0.3) is 0 Å². The third-order valence-corrected chi connectivity index (χ3v) is 5.74. The van der Waals surface area contributed by atoms with Gasteiger partial charge in [-0.2, -0.15) is 0 Å². The van der Waals surface area contributed by atoms with Crippen LogP contribution < -0.4 is 5.32 Å². The van der Waals surface area contributed by atoms with Crippen LogP contribution in [0, 0.1) is 6.92 Å². The molecule has 134 valence electrons. The molecule has 2 heterocycles. The Labute approximate surface area is 154 Å². The predicted octanol–water partition coefficient (Wildman–Crippen LogP) is 3.68. The van der Waals surface area contributed by atoms with Crippen molar-refractivity contribution in [2.24, 2.45) is 0 Å². The van der Waals surface area contributed by atoms with E-state index in [-0.39, 0.29) is 5.91 Å². The zero-order valence-corrected chi connectivity index (χ0v) is 15.9. The third kappa shape index (κ3) is 5.13. The molecular weight excluding hydrogens is 330 g/mol. The number of benzene rings is 1. The molecule has 1 amide bonds. The lowest BCUT2D eigenvalue weighted by Crippen LogP contribution is -2.37. The van der Waals surface area contributed by atoms with Crippen LogP contribution in [-0.2, 0) is 24.3 Å². The van der Waals surface area contributed by atoms with E-state index in [0.717, 1.165) is 17.2 Å². The van der Waals surface area contributed by atoms with E-state index in [1.165, 1.54) is 36.9 Å². The number of amides is 1. The second-order valence-electron chi connectivity index (χ2n) is 6.90. The lowest BCUT2D eigenvalue weighted by atomic mass is 10.0. The van der Waals surface area contributed by atoms with Crippen LogP contribution in [0.4, 0.5) is 0 Å². The van der Waals surface area contributed by atoms with Gasteiger partial charge in [0, 0.05) is 24.5 Å². The highest BCUT2D eigenvalue weighted by Gasteiger charge is 2.19. The topological polar surface area (TPSA) is 45.2 Å². The summed E-state index contributed by atoms with van der Waals surface area (Å²) in [6.45, 7) is 7.01. The van der Waals surface area contributed by atoms with Gasteiger partial charge in [-0.05, 0) is 44.4 Å². The Morgan fingerprint density at radius 1 is 1.32 bits per heavy atom. The highest BCUT2D eigenvalue weighted by atomic mass is 32.1. The van der Waals surface area contributed by atoms with Crippen molar-refractivity contribution in [2.75, 3.05) is 6.54 Å². The molecule has 1 aromatic heterocycles. The number of rotatable bonds is 6. The van der Waals surface area contributed by atoms with Gasteiger partial charge in [-0.25, -0.2) is 4.98 Å². The zero-order valence-electron chi connectivity index (χ0n) is 15.1. The SMILES string of the molecule is Cc1nc(CC(=O)NCc2ccccc2CN2CCCCC2C)cs1. The van der Waals surface area contributed by atoms with Gasteiger partial charge in [0.2, 0.25) is 5.91 Å². The summed E-state index contributed by atoms with van der Waals surface area (Å²) in [5, 5.41) is 6.02. The third-order valence-electron chi connectivity index (χ3n) is 4.92. The molecule has 5 heteroatoms. The van der Waals surface area contributed by atoms with E-state index in [2.05, 4.69) is 46.4 Å². The van der Waals surface area contributed by atoms with Gasteiger partial charge in [-0.15, -0.1) is 11.3 Å². The zero-order chi connectivity index (χ0) is 17.6. The van der Waals surface area contributed by atoms with E-state index < -0.39 is 0 Å². The van der Waals surface area contributed by atoms with Crippen molar-refractivity contribution in [1.82, 2.24) is 15.2 Å². The van der Waals surface area contributed by atoms with Crippen molar-refractivity contribution < 1.29 is 4.79 Å². The molecule has 0 saturated carbocycles. The fourth-order valence-corrected chi connectivity index (χ4v) is 4.02. The van der Waals surface area contributed by atoms with Crippen LogP contribution in [0.3, 0.4) is 0 Å². The van der Waals surface area contributed by atoms with Gasteiger partial charge in [0.1, 0.15) is 0 Å². The minimum atomic E-state index is 0.0337. The number of thiazole rings is 1. The Morgan fingerprint density at radius 3 is 2.84 bits per heavy atom. The number of carbonyl (C=O) groups is 1. The van der Waals surface area contributed by atoms with Crippen molar-refractivity contribution in [1.29, 1.82) is 0 Å². The highest BCUT2D eigenvalue weighted by molar-refractivity contribution is 7.09. The lowest BCUT2D eigenvalue weighted by Gasteiger charge is -2.33. The van der Waals surface area contributed by atoms with Crippen LogP contribution in [0.2, 0.25) is 0 Å². The number of aromatic nitrogens is 1. The summed E-state index contributed by atoms with van der Waals surface area (Å²) in [6, 6.07) is 9.09. The molecule has 0 spiro atoms. The number of hydrogen-bond donors (Lipinski definition) is 1. The molecule has 1 fully saturated rings. The Morgan fingerprint density at radius 2 is 2.12 bits per heavy atom. The van der Waals surface area contributed by atoms with Gasteiger partial charge < -0.3 is 5.32 Å². The minimum Gasteiger partial charge on any atom is -0.352 e. The summed E-state index contributed by atoms with van der Waals surface area (Å²) in [4.78, 5) is 19.1. The number of nitrogens with one attached hydrogen (secondary N) is 1. The van der Waals surface area contributed by atoms with Crippen molar-refractivity contribution in [3.05, 3.63) is 51.5 Å². The van der Waals surface area contributed by atoms with Crippen molar-refractivity contribution in [3.8, 4) is 0 Å². The molecule has 4 nitrogen and oxygen atoms in total. The minimum absolute atomic E-state index is 0.0337. The van der Waals surface area contributed by atoms with Gasteiger partial charge in [0.05, 0.1) is 17.1 Å². The van der Waals surface area contributed by atoms with Crippen molar-refractivity contribution >= 4 is 17.2 Å². The second-order valence-corrected chi connectivity index (χ2v) is 7.96. The van der Waals surface area contributed by atoms with E-state index in [4.69, 9.17) is 0 Å². The average molecular weight is 358 g/mol. The Hall–Kier alpha value is -1.72. The molecule has 0 aliphatic carbocycles. The summed E-state index contributed by atoms with van der Waals surface area (Å²) >= 11 is 1.59. The summed E-state index contributed by atoms with van der Waals surface area (Å²) in [7, 11) is 0. The fraction of sp³-hybridized carbons (Fsp3) is 0.500. The standard InChI is InChI=1S/C20H27N3OS/c1-15-7-5-6-10-23(15)13-18-9-4-3-8-17(18)12-21-20(24)11-19-14-25-16(2)22-19/h3-4,8-9,14-15H,5-7,10-13H2,1-2H3,(H,21,24). The second kappa shape index (κ2) is 8.59. The molecule has 1 atom stereocenters. The summed E-state index contributed by atoms with van der Waals surface area (Å²) in [5.41, 5.74) is 3.39. The number of piperidine rings is 1. The molecule has 1 aliphatic rings. The highest BCUT2D eigenvalue weighted by Crippen LogP contribution is 2.20. The van der Waals surface area contributed by atoms with Gasteiger partial charge in [-0.1, -0.05) is 30.7 Å². The first-order valence-electron chi connectivity index (χ1n) is 9.10. The largest absolute Gasteiger partial charge is 0.352 e. The van der Waals surface area contributed by atoms with Crippen molar-refractivity contribution in [3.63, 3.8) is 0 Å². The first-order chi connectivity index (χ1) is 12.1. The lowest BCUT2D eigenvalue weighted by molar-refractivity contribution is -0.120. The molecule has 25 heavy (non-hydrogen) atoms. The molecule has 1 aliphatic heterocycles. The number of aryl methyl sites for hydroxylation is 1. The van der Waals surface area contributed by atoms with Crippen LogP contribution in [0.15, 0.2) is 29.6 Å². The maximum Gasteiger partial charge on any atom is 0.226 e. The maximum absolute atomic E-state index is 12.2. The summed E-state index contributed by atoms with van der Waals surface area (Å²) in [5.74, 6) is 0.0337. The van der Waals surface area contributed by atoms with Gasteiger partial charge in [0.15, 0.2) is 0 Å². The number of likely N-dealkylation sites (tertiary alicyclic amines) is 1. The molecular formula is C20H27N3OS. The average Bonchev–Trinajstić information content (AvgIpc) is 3.01. The van der Waals surface area contributed by atoms with Gasteiger partial charge in [-0.3, -0.25) is 9.69 Å². The number of hydrogen-bond acceptors (Lipinski definition) is 4. The van der Waals surface area contributed by atoms with Crippen LogP contribution in [-0.4, -0.2) is 28.4 Å². The summed E-state index contributed by atoms with van der Waals surface area (Å²) < 4.78 is 0. The van der Waals surface area contributed by atoms with E-state index >= 15 is 0 Å². The molecule has 1 N–H and O–H groups in total. The number of carbonyl (C=O) groups excluding carboxylic acids is 1. The quantitative estimate of drug-likeness (QED) is 0.858. The molecule has 2 aromatic rings. The Bertz CT molecular complexity index is 712. The van der Waals surface area contributed by atoms with E-state index in [1.54, 1.807) is 11.3 Å². The number of nitrogens with zero attached hydrogens (tertiary/aromatic N) is 2. The van der Waals surface area contributed by atoms with Gasteiger partial charge in [0.25, 0.3) is 0 Å².